The lowest BCUT2D eigenvalue weighted by atomic mass is 9.97. The Bertz CT molecular complexity index is 2350. The fourth-order valence-electron chi connectivity index (χ4n) is 6.96. The van der Waals surface area contributed by atoms with Gasteiger partial charge in [0.1, 0.15) is 42.0 Å². The zero-order chi connectivity index (χ0) is 56.9. The zero-order valence-corrected chi connectivity index (χ0v) is 42.2. The molecule has 0 bridgehead atoms. The van der Waals surface area contributed by atoms with Crippen molar-refractivity contribution in [3.05, 3.63) is 65.7 Å². The summed E-state index contributed by atoms with van der Waals surface area (Å²) in [6.07, 6.45) is -0.601. The molecule has 0 aliphatic rings. The van der Waals surface area contributed by atoms with Gasteiger partial charge in [-0.3, -0.25) is 53.1 Å². The van der Waals surface area contributed by atoms with Crippen molar-refractivity contribution in [2.24, 2.45) is 44.6 Å². The average Bonchev–Trinajstić information content (AvgIpc) is 3.37. The van der Waals surface area contributed by atoms with Crippen LogP contribution in [0.1, 0.15) is 63.5 Å². The molecule has 22 N–H and O–H groups in total. The molecule has 418 valence electrons. The van der Waals surface area contributed by atoms with Crippen LogP contribution in [-0.4, -0.2) is 167 Å². The van der Waals surface area contributed by atoms with Crippen LogP contribution in [0, 0.1) is 5.92 Å². The van der Waals surface area contributed by atoms with Crippen molar-refractivity contribution >= 4 is 71.1 Å². The quantitative estimate of drug-likeness (QED) is 0.0176. The van der Waals surface area contributed by atoms with E-state index in [0.717, 1.165) is 0 Å². The predicted molar refractivity (Wildman–Crippen MR) is 274 cm³/mol. The maximum atomic E-state index is 14.4. The van der Waals surface area contributed by atoms with E-state index in [-0.39, 0.29) is 62.9 Å². The first-order valence-corrected chi connectivity index (χ1v) is 24.0. The molecule has 0 aliphatic carbocycles. The predicted octanol–water partition coefficient (Wildman–Crippen LogP) is -5.65. The van der Waals surface area contributed by atoms with E-state index in [9.17, 15) is 68.4 Å². The molecule has 0 fully saturated rings. The van der Waals surface area contributed by atoms with Crippen molar-refractivity contribution in [2.75, 3.05) is 32.8 Å². The number of hydrogen-bond acceptors (Lipinski definition) is 15. The van der Waals surface area contributed by atoms with Gasteiger partial charge in [-0.25, -0.2) is 4.79 Å². The molecule has 0 aromatic heterocycles. The highest BCUT2D eigenvalue weighted by Gasteiger charge is 2.34. The Balaban J connectivity index is 2.33. The molecule has 76 heavy (non-hydrogen) atoms. The largest absolute Gasteiger partial charge is 0.508 e. The number of carboxylic acids is 2. The van der Waals surface area contributed by atoms with Crippen molar-refractivity contribution < 1.29 is 68.4 Å². The van der Waals surface area contributed by atoms with E-state index in [4.69, 9.17) is 28.7 Å². The standard InChI is InChI=1S/C47H71N15O14/c1-3-25(2)38(44(74)56-23-36(66)58-34(24-63)43(73)59-30(45(75)76)12-8-18-54-47(51)52)62-42(72)32(20-27-13-15-28(64)16-14-27)61-40(70)31(19-26-9-5-4-6-10-26)60-41(71)33(21-37(67)68)57-35(65)22-55-39(69)29(48)11-7-17-53-46(49)50/h4-6,9-10,13-16,25,29-34,38,63-64H,3,7-8,11-12,17-24,48H2,1-2H3,(H,55,69)(H,56,74)(H,57,65)(H,58,66)(H,59,73)(H,60,71)(H,61,70)(H,62,72)(H,67,68)(H,75,76)(H4,49,50,53)(H4,51,52,54)/t25-,29-,30-,31-,32-,33-,34-,38-/m0/s1. The van der Waals surface area contributed by atoms with Gasteiger partial charge in [0.15, 0.2) is 11.9 Å². The number of aromatic hydroxyl groups is 1. The third-order valence-corrected chi connectivity index (χ3v) is 11.3. The lowest BCUT2D eigenvalue weighted by Crippen LogP contribution is -2.60. The molecular formula is C47H71N15O14. The first-order valence-electron chi connectivity index (χ1n) is 24.0. The normalized spacial score (nSPS) is 13.9. The van der Waals surface area contributed by atoms with Crippen molar-refractivity contribution in [3.8, 4) is 5.75 Å². The van der Waals surface area contributed by atoms with Crippen LogP contribution in [0.4, 0.5) is 0 Å². The molecular weight excluding hydrogens is 999 g/mol. The van der Waals surface area contributed by atoms with E-state index in [1.165, 1.54) is 24.3 Å². The van der Waals surface area contributed by atoms with Crippen LogP contribution in [0.5, 0.6) is 5.75 Å². The Morgan fingerprint density at radius 2 is 1.03 bits per heavy atom. The minimum absolute atomic E-state index is 0.0693. The molecule has 29 heteroatoms. The monoisotopic (exact) mass is 1070 g/mol. The number of carboxylic acid groups (broad SMARTS) is 2. The average molecular weight is 1070 g/mol. The summed E-state index contributed by atoms with van der Waals surface area (Å²) >= 11 is 0. The van der Waals surface area contributed by atoms with Crippen LogP contribution < -0.4 is 71.2 Å². The minimum atomic E-state index is -1.79. The van der Waals surface area contributed by atoms with Gasteiger partial charge in [-0.1, -0.05) is 62.7 Å². The fourth-order valence-corrected chi connectivity index (χ4v) is 6.96. The third-order valence-electron chi connectivity index (χ3n) is 11.3. The molecule has 0 unspecified atom stereocenters. The highest BCUT2D eigenvalue weighted by Crippen LogP contribution is 2.14. The van der Waals surface area contributed by atoms with Crippen LogP contribution in [0.3, 0.4) is 0 Å². The Morgan fingerprint density at radius 1 is 0.566 bits per heavy atom. The second kappa shape index (κ2) is 33.3. The molecule has 8 amide bonds. The van der Waals surface area contributed by atoms with E-state index in [0.29, 0.717) is 24.0 Å². The maximum absolute atomic E-state index is 14.4. The number of hydrogen-bond donors (Lipinski definition) is 17. The van der Waals surface area contributed by atoms with Gasteiger partial charge in [0.2, 0.25) is 47.3 Å². The Labute approximate surface area is 437 Å². The lowest BCUT2D eigenvalue weighted by Gasteiger charge is -2.28. The summed E-state index contributed by atoms with van der Waals surface area (Å²) in [4.78, 5) is 139. The number of nitrogens with two attached hydrogens (primary N) is 5. The number of carbonyl (C=O) groups is 10. The smallest absolute Gasteiger partial charge is 0.326 e. The number of phenols is 1. The van der Waals surface area contributed by atoms with E-state index < -0.39 is 134 Å². The van der Waals surface area contributed by atoms with Gasteiger partial charge in [-0.05, 0) is 54.9 Å². The number of aliphatic hydroxyl groups is 1. The summed E-state index contributed by atoms with van der Waals surface area (Å²) in [6, 6.07) is 3.46. The van der Waals surface area contributed by atoms with Gasteiger partial charge in [0.25, 0.3) is 0 Å². The third kappa shape index (κ3) is 24.4. The van der Waals surface area contributed by atoms with Gasteiger partial charge in [-0.15, -0.1) is 0 Å². The van der Waals surface area contributed by atoms with Crippen LogP contribution in [-0.2, 0) is 60.8 Å². The first-order chi connectivity index (χ1) is 35.9. The molecule has 0 saturated carbocycles. The molecule has 0 spiro atoms. The first kappa shape index (κ1) is 63.5. The number of nitrogens with one attached hydrogen (secondary N) is 8. The molecule has 2 aromatic rings. The Kier molecular flexibility index (Phi) is 27.8. The molecule has 2 aromatic carbocycles. The van der Waals surface area contributed by atoms with Gasteiger partial charge >= 0.3 is 11.9 Å². The molecule has 2 rings (SSSR count). The molecule has 8 atom stereocenters. The Hall–Kier alpha value is -8.60. The number of guanidine groups is 2. The highest BCUT2D eigenvalue weighted by atomic mass is 16.4. The number of carbonyl (C=O) groups excluding carboxylic acids is 8. The molecule has 0 radical (unpaired) electrons. The number of aliphatic imine (C=N–C) groups is 2. The number of nitrogens with zero attached hydrogens (tertiary/aromatic N) is 2. The number of benzene rings is 2. The molecule has 29 nitrogen and oxygen atoms in total. The fraction of sp³-hybridized carbons (Fsp3) is 0.489. The number of aliphatic hydroxyl groups excluding tert-OH is 1. The lowest BCUT2D eigenvalue weighted by molar-refractivity contribution is -0.142. The topological polar surface area (TPSA) is 503 Å². The second-order valence-electron chi connectivity index (χ2n) is 17.4. The van der Waals surface area contributed by atoms with Crippen LogP contribution >= 0.6 is 0 Å². The summed E-state index contributed by atoms with van der Waals surface area (Å²) in [5.74, 6) is -11.7. The second-order valence-corrected chi connectivity index (χ2v) is 17.4. The molecule has 0 heterocycles. The van der Waals surface area contributed by atoms with Gasteiger partial charge in [0.05, 0.1) is 32.2 Å². The highest BCUT2D eigenvalue weighted by molar-refractivity contribution is 5.98. The van der Waals surface area contributed by atoms with Crippen molar-refractivity contribution in [2.45, 2.75) is 108 Å². The zero-order valence-electron chi connectivity index (χ0n) is 42.2. The number of phenolic OH excluding ortho intramolecular Hbond substituents is 1. The van der Waals surface area contributed by atoms with E-state index in [1.807, 2.05) is 0 Å². The minimum Gasteiger partial charge on any atom is -0.508 e. The van der Waals surface area contributed by atoms with Crippen LogP contribution in [0.15, 0.2) is 64.6 Å². The van der Waals surface area contributed by atoms with Crippen molar-refractivity contribution in [3.63, 3.8) is 0 Å². The number of amides is 8. The van der Waals surface area contributed by atoms with Crippen molar-refractivity contribution in [1.82, 2.24) is 42.5 Å². The molecule has 0 aliphatic heterocycles. The number of rotatable bonds is 34. The SMILES string of the molecule is CC[C@H](C)[C@H](NC(=O)[C@H](Cc1ccc(O)cc1)NC(=O)[C@H](Cc1ccccc1)NC(=O)[C@H](CC(=O)O)NC(=O)CNC(=O)[C@@H](N)CCCN=C(N)N)C(=O)NCC(=O)N[C@@H](CO)C(=O)N[C@@H](CCCN=C(N)N)C(=O)O. The van der Waals surface area contributed by atoms with E-state index in [1.54, 1.807) is 44.2 Å². The van der Waals surface area contributed by atoms with Gasteiger partial charge in [0, 0.05) is 25.9 Å². The summed E-state index contributed by atoms with van der Waals surface area (Å²) in [7, 11) is 0. The maximum Gasteiger partial charge on any atom is 0.326 e. The Morgan fingerprint density at radius 3 is 1.53 bits per heavy atom. The summed E-state index contributed by atoms with van der Waals surface area (Å²) < 4.78 is 0. The number of aliphatic carboxylic acids is 2. The molecule has 0 saturated heterocycles. The van der Waals surface area contributed by atoms with Crippen molar-refractivity contribution in [1.29, 1.82) is 0 Å². The van der Waals surface area contributed by atoms with Gasteiger partial charge in [-0.2, -0.15) is 0 Å². The van der Waals surface area contributed by atoms with E-state index in [2.05, 4.69) is 52.5 Å². The van der Waals surface area contributed by atoms with Crippen LogP contribution in [0.2, 0.25) is 0 Å². The summed E-state index contributed by atoms with van der Waals surface area (Å²) in [5.41, 5.74) is 27.9. The summed E-state index contributed by atoms with van der Waals surface area (Å²) in [5, 5.41) is 58.1. The summed E-state index contributed by atoms with van der Waals surface area (Å²) in [6.45, 7) is 1.14. The van der Waals surface area contributed by atoms with Crippen LogP contribution in [0.25, 0.3) is 0 Å². The van der Waals surface area contributed by atoms with Gasteiger partial charge < -0.3 is 91.6 Å². The van der Waals surface area contributed by atoms with E-state index >= 15 is 0 Å².